The van der Waals surface area contributed by atoms with Crippen molar-refractivity contribution in [2.45, 2.75) is 13.5 Å². The van der Waals surface area contributed by atoms with Crippen molar-refractivity contribution in [2.24, 2.45) is 0 Å². The highest BCUT2D eigenvalue weighted by molar-refractivity contribution is 7.20. The molecule has 0 saturated carbocycles. The summed E-state index contributed by atoms with van der Waals surface area (Å²) < 4.78 is 3.52. The summed E-state index contributed by atoms with van der Waals surface area (Å²) in [6.07, 6.45) is 3.29. The third-order valence-corrected chi connectivity index (χ3v) is 6.01. The Labute approximate surface area is 174 Å². The lowest BCUT2D eigenvalue weighted by Crippen LogP contribution is -2.13. The highest BCUT2D eigenvalue weighted by atomic mass is 35.5. The Morgan fingerprint density at radius 2 is 2.00 bits per heavy atom. The molecule has 0 aliphatic heterocycles. The normalized spacial score (nSPS) is 11.4. The maximum Gasteiger partial charge on any atom is 0.266 e. The van der Waals surface area contributed by atoms with E-state index in [0.29, 0.717) is 27.9 Å². The topological polar surface area (TPSA) is 77.1 Å². The molecule has 0 fully saturated rings. The first-order chi connectivity index (χ1) is 14.1. The zero-order valence-electron chi connectivity index (χ0n) is 15.3. The molecule has 0 atom stereocenters. The fourth-order valence-electron chi connectivity index (χ4n) is 3.20. The molecule has 29 heavy (non-hydrogen) atoms. The first-order valence-corrected chi connectivity index (χ1v) is 10.1. The Balaban J connectivity index is 1.45. The number of rotatable bonds is 4. The standard InChI is InChI=1S/C20H15ClN6OS/c1-12-15-10-16(19(28)24-18-6-8-22-17-7-9-23-27(17)18)29-20(15)26(25-12)11-13-2-4-14(21)5-3-13/h2-10H,11H2,1H3,(H,24,28). The lowest BCUT2D eigenvalue weighted by Gasteiger charge is -2.05. The van der Waals surface area contributed by atoms with Crippen LogP contribution in [0.4, 0.5) is 5.82 Å². The minimum Gasteiger partial charge on any atom is -0.306 e. The van der Waals surface area contributed by atoms with E-state index in [1.165, 1.54) is 11.3 Å². The first kappa shape index (κ1) is 17.8. The number of thiophene rings is 1. The van der Waals surface area contributed by atoms with Gasteiger partial charge < -0.3 is 5.32 Å². The van der Waals surface area contributed by atoms with Gasteiger partial charge in [-0.15, -0.1) is 11.3 Å². The lowest BCUT2D eigenvalue weighted by atomic mass is 10.2. The highest BCUT2D eigenvalue weighted by Gasteiger charge is 2.17. The van der Waals surface area contributed by atoms with Gasteiger partial charge in [0.1, 0.15) is 10.6 Å². The largest absolute Gasteiger partial charge is 0.306 e. The van der Waals surface area contributed by atoms with Crippen molar-refractivity contribution in [1.29, 1.82) is 0 Å². The van der Waals surface area contributed by atoms with Crippen molar-refractivity contribution in [3.63, 3.8) is 0 Å². The van der Waals surface area contributed by atoms with Crippen molar-refractivity contribution in [3.8, 4) is 0 Å². The van der Waals surface area contributed by atoms with Gasteiger partial charge in [0, 0.05) is 22.7 Å². The zero-order valence-corrected chi connectivity index (χ0v) is 16.9. The van der Waals surface area contributed by atoms with Crippen LogP contribution in [0.2, 0.25) is 5.02 Å². The molecular formula is C20H15ClN6OS. The summed E-state index contributed by atoms with van der Waals surface area (Å²) in [5, 5.41) is 13.4. The minimum absolute atomic E-state index is 0.188. The van der Waals surface area contributed by atoms with E-state index < -0.39 is 0 Å². The smallest absolute Gasteiger partial charge is 0.266 e. The van der Waals surface area contributed by atoms with Gasteiger partial charge in [0.15, 0.2) is 5.65 Å². The number of aromatic nitrogens is 5. The van der Waals surface area contributed by atoms with Crippen molar-refractivity contribution >= 4 is 50.5 Å². The molecule has 5 rings (SSSR count). The van der Waals surface area contributed by atoms with Crippen molar-refractivity contribution in [1.82, 2.24) is 24.4 Å². The lowest BCUT2D eigenvalue weighted by molar-refractivity contribution is 0.103. The fraction of sp³-hybridized carbons (Fsp3) is 0.100. The van der Waals surface area contributed by atoms with E-state index >= 15 is 0 Å². The summed E-state index contributed by atoms with van der Waals surface area (Å²) in [6, 6.07) is 13.1. The van der Waals surface area contributed by atoms with Crippen LogP contribution in [0, 0.1) is 6.92 Å². The molecular weight excluding hydrogens is 408 g/mol. The quantitative estimate of drug-likeness (QED) is 0.465. The van der Waals surface area contributed by atoms with Gasteiger partial charge in [0.05, 0.1) is 23.3 Å². The molecule has 5 aromatic rings. The molecule has 4 heterocycles. The van der Waals surface area contributed by atoms with E-state index in [9.17, 15) is 4.79 Å². The summed E-state index contributed by atoms with van der Waals surface area (Å²) in [5.74, 6) is 0.383. The number of anilines is 1. The van der Waals surface area contributed by atoms with Crippen LogP contribution < -0.4 is 5.32 Å². The van der Waals surface area contributed by atoms with E-state index in [-0.39, 0.29) is 5.91 Å². The number of carbonyl (C=O) groups is 1. The molecule has 1 aromatic carbocycles. The molecule has 0 radical (unpaired) electrons. The maximum absolute atomic E-state index is 12.9. The summed E-state index contributed by atoms with van der Waals surface area (Å²) in [7, 11) is 0. The van der Waals surface area contributed by atoms with E-state index in [2.05, 4.69) is 20.5 Å². The van der Waals surface area contributed by atoms with Crippen LogP contribution in [0.3, 0.4) is 0 Å². The number of halogens is 1. The van der Waals surface area contributed by atoms with Gasteiger partial charge in [-0.05, 0) is 36.8 Å². The summed E-state index contributed by atoms with van der Waals surface area (Å²) >= 11 is 7.39. The second-order valence-corrected chi connectivity index (χ2v) is 8.05. The van der Waals surface area contributed by atoms with E-state index in [4.69, 9.17) is 11.6 Å². The average molecular weight is 423 g/mol. The molecule has 9 heteroatoms. The van der Waals surface area contributed by atoms with Gasteiger partial charge in [0.2, 0.25) is 0 Å². The molecule has 0 spiro atoms. The van der Waals surface area contributed by atoms with Gasteiger partial charge in [-0.2, -0.15) is 14.7 Å². The molecule has 7 nitrogen and oxygen atoms in total. The number of nitrogens with one attached hydrogen (secondary N) is 1. The molecule has 0 aliphatic carbocycles. The number of nitrogens with zero attached hydrogens (tertiary/aromatic N) is 5. The third-order valence-electron chi connectivity index (χ3n) is 4.61. The molecule has 1 N–H and O–H groups in total. The van der Waals surface area contributed by atoms with Crippen molar-refractivity contribution < 1.29 is 4.79 Å². The Hall–Kier alpha value is -3.23. The maximum atomic E-state index is 12.9. The second-order valence-electron chi connectivity index (χ2n) is 6.58. The van der Waals surface area contributed by atoms with Gasteiger partial charge in [-0.25, -0.2) is 4.98 Å². The van der Waals surface area contributed by atoms with Crippen molar-refractivity contribution in [3.05, 3.63) is 76.0 Å². The predicted octanol–water partition coefficient (Wildman–Crippen LogP) is 4.40. The monoisotopic (exact) mass is 422 g/mol. The second kappa shape index (κ2) is 6.98. The zero-order chi connectivity index (χ0) is 20.0. The molecule has 0 saturated heterocycles. The summed E-state index contributed by atoms with van der Waals surface area (Å²) in [6.45, 7) is 2.56. The number of amides is 1. The summed E-state index contributed by atoms with van der Waals surface area (Å²) in [4.78, 5) is 18.6. The first-order valence-electron chi connectivity index (χ1n) is 8.90. The van der Waals surface area contributed by atoms with E-state index in [1.54, 1.807) is 29.0 Å². The fourth-order valence-corrected chi connectivity index (χ4v) is 4.38. The Morgan fingerprint density at radius 3 is 2.83 bits per heavy atom. The van der Waals surface area contributed by atoms with Crippen LogP contribution in [-0.2, 0) is 6.54 Å². The number of aryl methyl sites for hydroxylation is 1. The molecule has 0 bridgehead atoms. The minimum atomic E-state index is -0.188. The molecule has 0 unspecified atom stereocenters. The van der Waals surface area contributed by atoms with Gasteiger partial charge in [0.25, 0.3) is 5.91 Å². The Morgan fingerprint density at radius 1 is 1.17 bits per heavy atom. The predicted molar refractivity (Wildman–Crippen MR) is 114 cm³/mol. The SMILES string of the molecule is Cc1nn(Cc2ccc(Cl)cc2)c2sc(C(=O)Nc3ccnc4ccnn34)cc12. The Bertz CT molecular complexity index is 1350. The van der Waals surface area contributed by atoms with Crippen LogP contribution >= 0.6 is 22.9 Å². The van der Waals surface area contributed by atoms with Crippen LogP contribution in [-0.4, -0.2) is 30.3 Å². The van der Waals surface area contributed by atoms with E-state index in [0.717, 1.165) is 21.5 Å². The third kappa shape index (κ3) is 3.26. The van der Waals surface area contributed by atoms with Gasteiger partial charge in [-0.3, -0.25) is 9.48 Å². The van der Waals surface area contributed by atoms with Crippen LogP contribution in [0.5, 0.6) is 0 Å². The van der Waals surface area contributed by atoms with Gasteiger partial charge >= 0.3 is 0 Å². The number of carbonyl (C=O) groups excluding carboxylic acids is 1. The number of hydrogen-bond donors (Lipinski definition) is 1. The summed E-state index contributed by atoms with van der Waals surface area (Å²) in [5.41, 5.74) is 2.66. The van der Waals surface area contributed by atoms with Crippen LogP contribution in [0.15, 0.2) is 54.9 Å². The molecule has 1 amide bonds. The molecule has 4 aromatic heterocycles. The Kier molecular flexibility index (Phi) is 4.30. The number of hydrogen-bond acceptors (Lipinski definition) is 5. The average Bonchev–Trinajstić information content (AvgIpc) is 3.42. The molecule has 0 aliphatic rings. The van der Waals surface area contributed by atoms with E-state index in [1.807, 2.05) is 41.9 Å². The van der Waals surface area contributed by atoms with Crippen molar-refractivity contribution in [2.75, 3.05) is 5.32 Å². The number of benzene rings is 1. The highest BCUT2D eigenvalue weighted by Crippen LogP contribution is 2.29. The van der Waals surface area contributed by atoms with Crippen LogP contribution in [0.25, 0.3) is 15.9 Å². The van der Waals surface area contributed by atoms with Gasteiger partial charge in [-0.1, -0.05) is 23.7 Å². The number of fused-ring (bicyclic) bond motifs is 2. The van der Waals surface area contributed by atoms with Crippen LogP contribution in [0.1, 0.15) is 20.9 Å². The molecule has 144 valence electrons.